The van der Waals surface area contributed by atoms with Crippen LogP contribution in [0.15, 0.2) is 24.3 Å². The molecule has 1 aromatic rings. The van der Waals surface area contributed by atoms with E-state index in [9.17, 15) is 13.2 Å². The number of nitrogens with one attached hydrogen (secondary N) is 3. The number of piperidine rings is 1. The van der Waals surface area contributed by atoms with Crippen molar-refractivity contribution in [2.75, 3.05) is 25.4 Å². The second-order valence-electron chi connectivity index (χ2n) is 6.66. The average molecular weight is 390 g/mol. The maximum absolute atomic E-state index is 12.3. The quantitative estimate of drug-likeness (QED) is 0.662. The lowest BCUT2D eigenvalue weighted by Gasteiger charge is -2.34. The summed E-state index contributed by atoms with van der Waals surface area (Å²) in [5.74, 6) is -0.0302. The van der Waals surface area contributed by atoms with Gasteiger partial charge in [-0.3, -0.25) is 4.79 Å². The fraction of sp³-hybridized carbons (Fsp3) is 0.588. The van der Waals surface area contributed by atoms with Gasteiger partial charge in [0.1, 0.15) is 0 Å². The number of sulfonamides is 1. The highest BCUT2D eigenvalue weighted by molar-refractivity contribution is 7.89. The Balaban J connectivity index is 0.00000312. The maximum Gasteiger partial charge on any atom is 0.251 e. The first-order valence-electron chi connectivity index (χ1n) is 8.39. The molecular formula is C17H28ClN3O3S. The van der Waals surface area contributed by atoms with Crippen LogP contribution in [0.2, 0.25) is 0 Å². The molecule has 1 aromatic carbocycles. The standard InChI is InChI=1S/C17H27N3O3S.ClH/c1-3-24(22,23)20-12-14-4-6-15(7-5-14)16(21)19-13-17(2)8-10-18-11-9-17;/h4-7,18,20H,3,8-13H2,1-2H3,(H,19,21);1H. The molecular weight excluding hydrogens is 362 g/mol. The third-order valence-corrected chi connectivity index (χ3v) is 5.92. The van der Waals surface area contributed by atoms with Gasteiger partial charge in [0.15, 0.2) is 0 Å². The van der Waals surface area contributed by atoms with Crippen LogP contribution in [0.3, 0.4) is 0 Å². The zero-order valence-corrected chi connectivity index (χ0v) is 16.4. The number of halogens is 1. The van der Waals surface area contributed by atoms with Crippen molar-refractivity contribution in [1.29, 1.82) is 0 Å². The summed E-state index contributed by atoms with van der Waals surface area (Å²) in [7, 11) is -3.21. The summed E-state index contributed by atoms with van der Waals surface area (Å²) in [5, 5.41) is 6.35. The van der Waals surface area contributed by atoms with Crippen LogP contribution in [-0.4, -0.2) is 39.7 Å². The molecule has 1 heterocycles. The number of rotatable bonds is 7. The van der Waals surface area contributed by atoms with E-state index in [2.05, 4.69) is 22.3 Å². The lowest BCUT2D eigenvalue weighted by atomic mass is 9.81. The summed E-state index contributed by atoms with van der Waals surface area (Å²) in [6.45, 7) is 6.70. The molecule has 1 amide bonds. The molecule has 25 heavy (non-hydrogen) atoms. The first kappa shape index (κ1) is 21.9. The maximum atomic E-state index is 12.3. The first-order valence-corrected chi connectivity index (χ1v) is 10.0. The van der Waals surface area contributed by atoms with Crippen LogP contribution in [0.5, 0.6) is 0 Å². The number of hydrogen-bond donors (Lipinski definition) is 3. The molecule has 0 atom stereocenters. The van der Waals surface area contributed by atoms with Crippen LogP contribution in [-0.2, 0) is 16.6 Å². The lowest BCUT2D eigenvalue weighted by Crippen LogP contribution is -2.42. The van der Waals surface area contributed by atoms with Crippen molar-refractivity contribution in [3.63, 3.8) is 0 Å². The highest BCUT2D eigenvalue weighted by Crippen LogP contribution is 2.26. The van der Waals surface area contributed by atoms with Crippen LogP contribution in [0.1, 0.15) is 42.6 Å². The van der Waals surface area contributed by atoms with Gasteiger partial charge in [-0.1, -0.05) is 19.1 Å². The second kappa shape index (κ2) is 9.52. The zero-order chi connectivity index (χ0) is 17.6. The van der Waals surface area contributed by atoms with E-state index in [1.807, 2.05) is 0 Å². The molecule has 0 aliphatic carbocycles. The Bertz CT molecular complexity index is 656. The highest BCUT2D eigenvalue weighted by atomic mass is 35.5. The molecule has 0 aromatic heterocycles. The normalized spacial score (nSPS) is 16.7. The Morgan fingerprint density at radius 1 is 1.20 bits per heavy atom. The smallest absolute Gasteiger partial charge is 0.251 e. The Morgan fingerprint density at radius 3 is 2.36 bits per heavy atom. The summed E-state index contributed by atoms with van der Waals surface area (Å²) in [6, 6.07) is 7.02. The van der Waals surface area contributed by atoms with E-state index in [4.69, 9.17) is 0 Å². The van der Waals surface area contributed by atoms with Crippen LogP contribution >= 0.6 is 12.4 Å². The number of hydrogen-bond acceptors (Lipinski definition) is 4. The molecule has 142 valence electrons. The Morgan fingerprint density at radius 2 is 1.80 bits per heavy atom. The Hall–Kier alpha value is -1.15. The van der Waals surface area contributed by atoms with Gasteiger partial charge in [0.05, 0.1) is 5.75 Å². The fourth-order valence-electron chi connectivity index (χ4n) is 2.67. The van der Waals surface area contributed by atoms with E-state index in [1.165, 1.54) is 0 Å². The molecule has 3 N–H and O–H groups in total. The summed E-state index contributed by atoms with van der Waals surface area (Å²) in [6.07, 6.45) is 2.12. The lowest BCUT2D eigenvalue weighted by molar-refractivity contribution is 0.0922. The van der Waals surface area contributed by atoms with Crippen molar-refractivity contribution in [2.24, 2.45) is 5.41 Å². The minimum atomic E-state index is -3.21. The van der Waals surface area contributed by atoms with Gasteiger partial charge in [0.25, 0.3) is 5.91 Å². The van der Waals surface area contributed by atoms with Crippen molar-refractivity contribution < 1.29 is 13.2 Å². The van der Waals surface area contributed by atoms with Crippen molar-refractivity contribution in [2.45, 2.75) is 33.2 Å². The topological polar surface area (TPSA) is 87.3 Å². The molecule has 1 saturated heterocycles. The number of carbonyl (C=O) groups is 1. The largest absolute Gasteiger partial charge is 0.351 e. The van der Waals surface area contributed by atoms with Gasteiger partial charge < -0.3 is 10.6 Å². The highest BCUT2D eigenvalue weighted by Gasteiger charge is 2.27. The SMILES string of the molecule is CCS(=O)(=O)NCc1ccc(C(=O)NCC2(C)CCNCC2)cc1.Cl. The summed E-state index contributed by atoms with van der Waals surface area (Å²) < 4.78 is 25.4. The third-order valence-electron chi connectivity index (χ3n) is 4.58. The molecule has 6 nitrogen and oxygen atoms in total. The molecule has 0 bridgehead atoms. The molecule has 1 aliphatic rings. The van der Waals surface area contributed by atoms with E-state index >= 15 is 0 Å². The first-order chi connectivity index (χ1) is 11.3. The van der Waals surface area contributed by atoms with Crippen LogP contribution in [0.4, 0.5) is 0 Å². The zero-order valence-electron chi connectivity index (χ0n) is 14.8. The molecule has 0 radical (unpaired) electrons. The van der Waals surface area contributed by atoms with E-state index in [1.54, 1.807) is 31.2 Å². The summed E-state index contributed by atoms with van der Waals surface area (Å²) >= 11 is 0. The van der Waals surface area contributed by atoms with Crippen molar-refractivity contribution in [3.05, 3.63) is 35.4 Å². The summed E-state index contributed by atoms with van der Waals surface area (Å²) in [5.41, 5.74) is 1.57. The van der Waals surface area contributed by atoms with Crippen molar-refractivity contribution in [3.8, 4) is 0 Å². The van der Waals surface area contributed by atoms with Crippen LogP contribution in [0.25, 0.3) is 0 Å². The van der Waals surface area contributed by atoms with Gasteiger partial charge >= 0.3 is 0 Å². The van der Waals surface area contributed by atoms with E-state index in [-0.39, 0.29) is 36.0 Å². The van der Waals surface area contributed by atoms with Crippen LogP contribution < -0.4 is 15.4 Å². The van der Waals surface area contributed by atoms with E-state index in [0.29, 0.717) is 12.1 Å². The van der Waals surface area contributed by atoms with Gasteiger partial charge in [0.2, 0.25) is 10.0 Å². The van der Waals surface area contributed by atoms with Gasteiger partial charge in [0, 0.05) is 18.7 Å². The third kappa shape index (κ3) is 6.93. The minimum absolute atomic E-state index is 0. The molecule has 2 rings (SSSR count). The molecule has 1 aliphatic heterocycles. The van der Waals surface area contributed by atoms with Crippen LogP contribution in [0, 0.1) is 5.41 Å². The predicted molar refractivity (Wildman–Crippen MR) is 103 cm³/mol. The summed E-state index contributed by atoms with van der Waals surface area (Å²) in [4.78, 5) is 12.3. The van der Waals surface area contributed by atoms with Gasteiger partial charge in [-0.05, 0) is 56.0 Å². The van der Waals surface area contributed by atoms with Gasteiger partial charge in [-0.2, -0.15) is 0 Å². The molecule has 0 spiro atoms. The average Bonchev–Trinajstić information content (AvgIpc) is 2.59. The van der Waals surface area contributed by atoms with Gasteiger partial charge in [-0.15, -0.1) is 12.4 Å². The predicted octanol–water partition coefficient (Wildman–Crippen LogP) is 1.67. The molecule has 0 saturated carbocycles. The monoisotopic (exact) mass is 389 g/mol. The Labute approximate surface area is 156 Å². The number of amides is 1. The minimum Gasteiger partial charge on any atom is -0.351 e. The van der Waals surface area contributed by atoms with E-state index < -0.39 is 10.0 Å². The van der Waals surface area contributed by atoms with Crippen molar-refractivity contribution in [1.82, 2.24) is 15.4 Å². The van der Waals surface area contributed by atoms with Crippen molar-refractivity contribution >= 4 is 28.3 Å². The molecule has 0 unspecified atom stereocenters. The molecule has 8 heteroatoms. The fourth-order valence-corrected chi connectivity index (χ4v) is 3.26. The number of benzene rings is 1. The molecule has 1 fully saturated rings. The number of carbonyl (C=O) groups excluding carboxylic acids is 1. The van der Waals surface area contributed by atoms with E-state index in [0.717, 1.165) is 31.5 Å². The van der Waals surface area contributed by atoms with Gasteiger partial charge in [-0.25, -0.2) is 13.1 Å². The Kier molecular flexibility index (Phi) is 8.34. The second-order valence-corrected chi connectivity index (χ2v) is 8.76.